The van der Waals surface area contributed by atoms with Gasteiger partial charge in [-0.05, 0) is 30.7 Å². The number of anilines is 2. The van der Waals surface area contributed by atoms with Gasteiger partial charge in [-0.25, -0.2) is 9.37 Å². The number of fused-ring (bicyclic) bond motifs is 1. The van der Waals surface area contributed by atoms with Crippen LogP contribution in [0.4, 0.5) is 29.1 Å². The molecule has 1 unspecified atom stereocenters. The number of halogens is 4. The van der Waals surface area contributed by atoms with Crippen molar-refractivity contribution in [1.29, 1.82) is 0 Å². The van der Waals surface area contributed by atoms with E-state index in [9.17, 15) is 27.2 Å². The van der Waals surface area contributed by atoms with E-state index in [0.29, 0.717) is 11.1 Å². The molecule has 3 N–H and O–H groups in total. The molecule has 188 valence electrons. The third-order valence-corrected chi connectivity index (χ3v) is 5.65. The van der Waals surface area contributed by atoms with Crippen molar-refractivity contribution in [1.82, 2.24) is 19.9 Å². The molecule has 2 amide bonds. The van der Waals surface area contributed by atoms with E-state index < -0.39 is 35.5 Å². The number of pyridine rings is 3. The van der Waals surface area contributed by atoms with Gasteiger partial charge in [0.1, 0.15) is 17.3 Å². The highest BCUT2D eigenvalue weighted by molar-refractivity contribution is 6.39. The quantitative estimate of drug-likeness (QED) is 0.403. The predicted octanol–water partition coefficient (Wildman–Crippen LogP) is 3.37. The number of hydrogen-bond acceptors (Lipinski definition) is 7. The summed E-state index contributed by atoms with van der Waals surface area (Å²) in [5.74, 6) is -2.62. The van der Waals surface area contributed by atoms with E-state index in [2.05, 4.69) is 20.3 Å². The summed E-state index contributed by atoms with van der Waals surface area (Å²) >= 11 is 0. The molecule has 1 atom stereocenters. The first-order valence-corrected chi connectivity index (χ1v) is 10.6. The van der Waals surface area contributed by atoms with Gasteiger partial charge in [-0.1, -0.05) is 6.07 Å². The fraction of sp³-hybridized carbons (Fsp3) is 0.261. The summed E-state index contributed by atoms with van der Waals surface area (Å²) in [6.07, 6.45) is -1.09. The minimum atomic E-state index is -4.64. The van der Waals surface area contributed by atoms with Crippen LogP contribution >= 0.6 is 0 Å². The Morgan fingerprint density at radius 2 is 1.89 bits per heavy atom. The molecule has 3 aromatic heterocycles. The van der Waals surface area contributed by atoms with Crippen molar-refractivity contribution in [2.24, 2.45) is 0 Å². The van der Waals surface area contributed by atoms with Gasteiger partial charge >= 0.3 is 18.0 Å². The smallest absolute Gasteiger partial charge is 0.383 e. The second-order valence-electron chi connectivity index (χ2n) is 7.99. The number of rotatable bonds is 5. The molecule has 36 heavy (non-hydrogen) atoms. The fourth-order valence-corrected chi connectivity index (χ4v) is 3.72. The number of amides is 2. The number of aromatic nitrogens is 3. The Kier molecular flexibility index (Phi) is 6.84. The average Bonchev–Trinajstić information content (AvgIpc) is 3.35. The van der Waals surface area contributed by atoms with Crippen LogP contribution in [0.15, 0.2) is 42.9 Å². The second-order valence-corrected chi connectivity index (χ2v) is 7.99. The molecule has 0 aromatic carbocycles. The Bertz CT molecular complexity index is 1300. The predicted molar refractivity (Wildman–Crippen MR) is 118 cm³/mol. The van der Waals surface area contributed by atoms with E-state index in [1.54, 1.807) is 0 Å². The van der Waals surface area contributed by atoms with E-state index in [0.717, 1.165) is 29.3 Å². The molecule has 0 radical (unpaired) electrons. The number of nitrogens with zero attached hydrogens (tertiary/aromatic N) is 4. The van der Waals surface area contributed by atoms with Crippen molar-refractivity contribution in [3.63, 3.8) is 0 Å². The molecule has 0 saturated carbocycles. The number of nitrogens with two attached hydrogens (primary N) is 1. The standard InChI is InChI=1S/C23H20F4N6O3/c1-12(19-16(24)3-2-6-29-19)33(9-13-4-5-18(30-7-13)23(25,26)27)22(35)21(34)32-17-8-31-20(28)15-11-36-10-14(15)17/h2-8,12H,9-11H2,1H3,(H2,28,31)(H,32,34). The third kappa shape index (κ3) is 5.10. The van der Waals surface area contributed by atoms with E-state index in [1.165, 1.54) is 25.4 Å². The SMILES string of the molecule is CC(c1ncccc1F)N(Cc1ccc(C(F)(F)F)nc1)C(=O)C(=O)Nc1cnc(N)c2c1COC2. The Hall–Kier alpha value is -4.13. The molecule has 4 heterocycles. The number of carbonyl (C=O) groups excluding carboxylic acids is 2. The van der Waals surface area contributed by atoms with Crippen LogP contribution in [0.1, 0.15) is 41.0 Å². The monoisotopic (exact) mass is 504 g/mol. The van der Waals surface area contributed by atoms with Crippen molar-refractivity contribution in [2.75, 3.05) is 11.1 Å². The molecular formula is C23H20F4N6O3. The van der Waals surface area contributed by atoms with Gasteiger partial charge in [-0.15, -0.1) is 0 Å². The van der Waals surface area contributed by atoms with Crippen molar-refractivity contribution < 1.29 is 31.9 Å². The normalized spacial score (nSPS) is 13.7. The molecule has 1 aliphatic heterocycles. The third-order valence-electron chi connectivity index (χ3n) is 5.65. The highest BCUT2D eigenvalue weighted by Crippen LogP contribution is 2.31. The van der Waals surface area contributed by atoms with Gasteiger partial charge in [0.2, 0.25) is 0 Å². The van der Waals surface area contributed by atoms with Crippen LogP contribution < -0.4 is 11.1 Å². The molecule has 13 heteroatoms. The Balaban J connectivity index is 1.62. The van der Waals surface area contributed by atoms with Crippen molar-refractivity contribution >= 4 is 23.3 Å². The lowest BCUT2D eigenvalue weighted by Gasteiger charge is -2.28. The van der Waals surface area contributed by atoms with Crippen LogP contribution in [0.5, 0.6) is 0 Å². The average molecular weight is 504 g/mol. The molecule has 0 aliphatic carbocycles. The maximum atomic E-state index is 14.5. The maximum Gasteiger partial charge on any atom is 0.433 e. The molecule has 9 nitrogen and oxygen atoms in total. The summed E-state index contributed by atoms with van der Waals surface area (Å²) < 4.78 is 58.4. The summed E-state index contributed by atoms with van der Waals surface area (Å²) in [5.41, 5.74) is 6.17. The highest BCUT2D eigenvalue weighted by atomic mass is 19.4. The molecule has 4 rings (SSSR count). The van der Waals surface area contributed by atoms with Crippen LogP contribution in [0.2, 0.25) is 0 Å². The van der Waals surface area contributed by atoms with Crippen LogP contribution in [-0.2, 0) is 40.3 Å². The molecule has 0 saturated heterocycles. The van der Waals surface area contributed by atoms with Gasteiger partial charge in [0, 0.05) is 30.1 Å². The molecule has 3 aromatic rings. The summed E-state index contributed by atoms with van der Waals surface area (Å²) in [7, 11) is 0. The molecule has 0 fully saturated rings. The zero-order valence-corrected chi connectivity index (χ0v) is 18.8. The fourth-order valence-electron chi connectivity index (χ4n) is 3.72. The van der Waals surface area contributed by atoms with Gasteiger partial charge in [-0.2, -0.15) is 13.2 Å². The zero-order valence-electron chi connectivity index (χ0n) is 18.8. The minimum absolute atomic E-state index is 0.123. The number of nitrogens with one attached hydrogen (secondary N) is 1. The minimum Gasteiger partial charge on any atom is -0.383 e. The Morgan fingerprint density at radius 3 is 2.56 bits per heavy atom. The van der Waals surface area contributed by atoms with Crippen LogP contribution in [0.3, 0.4) is 0 Å². The second kappa shape index (κ2) is 9.85. The van der Waals surface area contributed by atoms with E-state index in [4.69, 9.17) is 10.5 Å². The summed E-state index contributed by atoms with van der Waals surface area (Å²) in [6, 6.07) is 3.34. The first kappa shape index (κ1) is 25.0. The van der Waals surface area contributed by atoms with E-state index in [-0.39, 0.29) is 42.5 Å². The van der Waals surface area contributed by atoms with E-state index >= 15 is 0 Å². The van der Waals surface area contributed by atoms with Gasteiger partial charge in [-0.3, -0.25) is 19.6 Å². The van der Waals surface area contributed by atoms with Gasteiger partial charge in [0.25, 0.3) is 0 Å². The summed E-state index contributed by atoms with van der Waals surface area (Å²) in [6.45, 7) is 1.47. The first-order chi connectivity index (χ1) is 17.1. The maximum absolute atomic E-state index is 14.5. The van der Waals surface area contributed by atoms with Gasteiger partial charge in [0.05, 0.1) is 36.8 Å². The van der Waals surface area contributed by atoms with Crippen molar-refractivity contribution in [2.45, 2.75) is 38.9 Å². The van der Waals surface area contributed by atoms with Crippen LogP contribution in [0.25, 0.3) is 0 Å². The Morgan fingerprint density at radius 1 is 1.14 bits per heavy atom. The molecule has 0 bridgehead atoms. The number of nitrogen functional groups attached to an aromatic ring is 1. The summed E-state index contributed by atoms with van der Waals surface area (Å²) in [5, 5.41) is 2.48. The van der Waals surface area contributed by atoms with Crippen molar-refractivity contribution in [3.8, 4) is 0 Å². The van der Waals surface area contributed by atoms with Gasteiger partial charge < -0.3 is 20.7 Å². The number of alkyl halides is 3. The number of hydrogen-bond donors (Lipinski definition) is 2. The lowest BCUT2D eigenvalue weighted by Crippen LogP contribution is -2.41. The number of ether oxygens (including phenoxy) is 1. The Labute approximate surface area is 202 Å². The largest absolute Gasteiger partial charge is 0.433 e. The lowest BCUT2D eigenvalue weighted by molar-refractivity contribution is -0.145. The topological polar surface area (TPSA) is 123 Å². The molecular weight excluding hydrogens is 484 g/mol. The summed E-state index contributed by atoms with van der Waals surface area (Å²) in [4.78, 5) is 38.6. The van der Waals surface area contributed by atoms with Crippen LogP contribution in [-0.4, -0.2) is 31.7 Å². The lowest BCUT2D eigenvalue weighted by atomic mass is 10.1. The number of carbonyl (C=O) groups is 2. The molecule has 1 aliphatic rings. The molecule has 0 spiro atoms. The first-order valence-electron chi connectivity index (χ1n) is 10.6. The highest BCUT2D eigenvalue weighted by Gasteiger charge is 2.33. The van der Waals surface area contributed by atoms with Crippen molar-refractivity contribution in [3.05, 3.63) is 76.8 Å². The van der Waals surface area contributed by atoms with Crippen LogP contribution in [0, 0.1) is 5.82 Å². The zero-order chi connectivity index (χ0) is 26.0. The van der Waals surface area contributed by atoms with E-state index in [1.807, 2.05) is 0 Å². The van der Waals surface area contributed by atoms with Gasteiger partial charge in [0.15, 0.2) is 0 Å².